The molecule has 0 bridgehead atoms. The maximum absolute atomic E-state index is 10.7. The molecule has 3 nitrogen and oxygen atoms in total. The van der Waals surface area contributed by atoms with Crippen molar-refractivity contribution >= 4 is 29.2 Å². The maximum atomic E-state index is 10.7. The zero-order valence-electron chi connectivity index (χ0n) is 6.83. The smallest absolute Gasteiger partial charge is 0.315 e. The number of carboxylic acid groups (broad SMARTS) is 1. The Hall–Kier alpha value is -0.510. The predicted molar refractivity (Wildman–Crippen MR) is 49.8 cm³/mol. The first-order valence-electron chi connectivity index (χ1n) is 3.53. The number of hydrogen-bond acceptors (Lipinski definition) is 2. The third-order valence-electron chi connectivity index (χ3n) is 1.79. The minimum atomic E-state index is -1.38. The molecule has 0 fully saturated rings. The summed E-state index contributed by atoms with van der Waals surface area (Å²) >= 11 is 11.6. The van der Waals surface area contributed by atoms with Crippen molar-refractivity contribution in [3.05, 3.63) is 23.3 Å². The van der Waals surface area contributed by atoms with Gasteiger partial charge in [0.1, 0.15) is 5.92 Å². The molecule has 1 aliphatic carbocycles. The molecular formula is C8H8Cl2O3. The molecule has 0 saturated heterocycles. The summed E-state index contributed by atoms with van der Waals surface area (Å²) in [5, 5.41) is 7.80. The predicted octanol–water partition coefficient (Wildman–Crippen LogP) is 1.96. The number of rotatable bonds is 2. The Labute approximate surface area is 85.6 Å². The van der Waals surface area contributed by atoms with Gasteiger partial charge in [-0.2, -0.15) is 0 Å². The number of allylic oxidation sites excluding steroid dienone is 2. The molecule has 0 radical (unpaired) electrons. The van der Waals surface area contributed by atoms with Crippen molar-refractivity contribution in [2.24, 2.45) is 5.92 Å². The highest BCUT2D eigenvalue weighted by Crippen LogP contribution is 2.35. The van der Waals surface area contributed by atoms with E-state index in [1.165, 1.54) is 25.3 Å². The lowest BCUT2D eigenvalue weighted by molar-refractivity contribution is -0.144. The van der Waals surface area contributed by atoms with Crippen molar-refractivity contribution in [3.63, 3.8) is 0 Å². The quantitative estimate of drug-likeness (QED) is 0.728. The molecule has 72 valence electrons. The summed E-state index contributed by atoms with van der Waals surface area (Å²) in [5.74, 6) is -1.96. The van der Waals surface area contributed by atoms with E-state index in [0.717, 1.165) is 0 Å². The van der Waals surface area contributed by atoms with Gasteiger partial charge in [0.15, 0.2) is 5.06 Å². The van der Waals surface area contributed by atoms with Crippen molar-refractivity contribution < 1.29 is 14.6 Å². The van der Waals surface area contributed by atoms with Crippen LogP contribution in [0.3, 0.4) is 0 Å². The summed E-state index contributed by atoms with van der Waals surface area (Å²) < 4.78 is 4.90. The molecule has 0 amide bonds. The first kappa shape index (κ1) is 10.6. The Bertz CT molecular complexity index is 285. The Morgan fingerprint density at radius 2 is 2.38 bits per heavy atom. The van der Waals surface area contributed by atoms with Crippen LogP contribution in [0.25, 0.3) is 0 Å². The highest BCUT2D eigenvalue weighted by molar-refractivity contribution is 6.33. The van der Waals surface area contributed by atoms with Gasteiger partial charge in [0.2, 0.25) is 0 Å². The highest BCUT2D eigenvalue weighted by atomic mass is 35.5. The lowest BCUT2D eigenvalue weighted by atomic mass is 9.97. The third kappa shape index (κ3) is 2.05. The Morgan fingerprint density at radius 1 is 1.77 bits per heavy atom. The lowest BCUT2D eigenvalue weighted by Crippen LogP contribution is -2.37. The molecule has 5 heteroatoms. The first-order valence-corrected chi connectivity index (χ1v) is 4.28. The Kier molecular flexibility index (Phi) is 3.01. The van der Waals surface area contributed by atoms with E-state index in [1.807, 2.05) is 0 Å². The average molecular weight is 223 g/mol. The molecule has 0 heterocycles. The lowest BCUT2D eigenvalue weighted by Gasteiger charge is -2.28. The van der Waals surface area contributed by atoms with Gasteiger partial charge in [0, 0.05) is 12.1 Å². The van der Waals surface area contributed by atoms with E-state index in [0.29, 0.717) is 5.03 Å². The molecule has 0 aromatic heterocycles. The van der Waals surface area contributed by atoms with E-state index < -0.39 is 16.9 Å². The largest absolute Gasteiger partial charge is 0.481 e. The summed E-state index contributed by atoms with van der Waals surface area (Å²) in [6.45, 7) is 0. The van der Waals surface area contributed by atoms with Crippen LogP contribution in [-0.4, -0.2) is 23.2 Å². The second-order valence-corrected chi connectivity index (χ2v) is 3.63. The fourth-order valence-electron chi connectivity index (χ4n) is 1.08. The minimum absolute atomic E-state index is 0.370. The van der Waals surface area contributed by atoms with Gasteiger partial charge in [0.25, 0.3) is 0 Å². The molecular weight excluding hydrogens is 215 g/mol. The molecule has 2 atom stereocenters. The zero-order valence-corrected chi connectivity index (χ0v) is 8.34. The molecule has 0 aliphatic heterocycles. The summed E-state index contributed by atoms with van der Waals surface area (Å²) in [5.41, 5.74) is 0. The van der Waals surface area contributed by atoms with E-state index in [2.05, 4.69) is 0 Å². The molecule has 13 heavy (non-hydrogen) atoms. The van der Waals surface area contributed by atoms with Gasteiger partial charge in [-0.05, 0) is 12.2 Å². The Balaban J connectivity index is 3.01. The van der Waals surface area contributed by atoms with Crippen molar-refractivity contribution in [1.82, 2.24) is 0 Å². The molecule has 2 unspecified atom stereocenters. The number of aliphatic carboxylic acids is 1. The standard InChI is InChI=1S/C8H8Cl2O3/c1-13-8(10)4-5(9)2-3-6(8)7(11)12/h2-4,6H,1H3,(H,11,12). The maximum Gasteiger partial charge on any atom is 0.315 e. The van der Waals surface area contributed by atoms with Crippen molar-refractivity contribution in [2.45, 2.75) is 5.06 Å². The van der Waals surface area contributed by atoms with Gasteiger partial charge in [-0.3, -0.25) is 4.79 Å². The zero-order chi connectivity index (χ0) is 10.1. The summed E-state index contributed by atoms with van der Waals surface area (Å²) in [4.78, 5) is 10.7. The molecule has 0 aromatic carbocycles. The molecule has 0 saturated carbocycles. The van der Waals surface area contributed by atoms with Gasteiger partial charge >= 0.3 is 5.97 Å². The summed E-state index contributed by atoms with van der Waals surface area (Å²) in [6.07, 6.45) is 4.26. The molecule has 1 N–H and O–H groups in total. The normalized spacial score (nSPS) is 32.8. The van der Waals surface area contributed by atoms with E-state index in [-0.39, 0.29) is 0 Å². The van der Waals surface area contributed by atoms with Crippen molar-refractivity contribution in [1.29, 1.82) is 0 Å². The Morgan fingerprint density at radius 3 is 2.85 bits per heavy atom. The first-order chi connectivity index (χ1) is 5.99. The second kappa shape index (κ2) is 3.70. The van der Waals surface area contributed by atoms with Crippen LogP contribution in [0.2, 0.25) is 0 Å². The van der Waals surface area contributed by atoms with E-state index in [4.69, 9.17) is 33.0 Å². The van der Waals surface area contributed by atoms with Crippen LogP contribution in [0.5, 0.6) is 0 Å². The average Bonchev–Trinajstić information content (AvgIpc) is 2.03. The highest BCUT2D eigenvalue weighted by Gasteiger charge is 2.40. The van der Waals surface area contributed by atoms with Crippen LogP contribution >= 0.6 is 23.2 Å². The van der Waals surface area contributed by atoms with Crippen molar-refractivity contribution in [2.75, 3.05) is 7.11 Å². The number of ether oxygens (including phenoxy) is 1. The van der Waals surface area contributed by atoms with Crippen LogP contribution in [-0.2, 0) is 9.53 Å². The minimum Gasteiger partial charge on any atom is -0.481 e. The fraction of sp³-hybridized carbons (Fsp3) is 0.375. The molecule has 0 spiro atoms. The number of alkyl halides is 1. The SMILES string of the molecule is COC1(Cl)C=C(Cl)C=CC1C(=O)O. The number of halogens is 2. The topological polar surface area (TPSA) is 46.5 Å². The van der Waals surface area contributed by atoms with E-state index >= 15 is 0 Å². The summed E-state index contributed by atoms with van der Waals surface area (Å²) in [6, 6.07) is 0. The van der Waals surface area contributed by atoms with Crippen LogP contribution in [0.15, 0.2) is 23.3 Å². The van der Waals surface area contributed by atoms with Crippen LogP contribution in [0.4, 0.5) is 0 Å². The second-order valence-electron chi connectivity index (χ2n) is 2.61. The van der Waals surface area contributed by atoms with Crippen LogP contribution in [0.1, 0.15) is 0 Å². The monoisotopic (exact) mass is 222 g/mol. The summed E-state index contributed by atoms with van der Waals surface area (Å²) in [7, 11) is 1.34. The van der Waals surface area contributed by atoms with Gasteiger partial charge in [-0.15, -0.1) is 0 Å². The number of carbonyl (C=O) groups is 1. The van der Waals surface area contributed by atoms with Gasteiger partial charge in [-0.25, -0.2) is 0 Å². The van der Waals surface area contributed by atoms with Gasteiger partial charge < -0.3 is 9.84 Å². The number of methoxy groups -OCH3 is 1. The van der Waals surface area contributed by atoms with Gasteiger partial charge in [-0.1, -0.05) is 29.3 Å². The van der Waals surface area contributed by atoms with Crippen LogP contribution < -0.4 is 0 Å². The number of hydrogen-bond donors (Lipinski definition) is 1. The molecule has 1 rings (SSSR count). The molecule has 1 aliphatic rings. The van der Waals surface area contributed by atoms with E-state index in [1.54, 1.807) is 0 Å². The van der Waals surface area contributed by atoms with Gasteiger partial charge in [0.05, 0.1) is 0 Å². The fourth-order valence-corrected chi connectivity index (χ4v) is 1.66. The third-order valence-corrected chi connectivity index (χ3v) is 2.52. The van der Waals surface area contributed by atoms with E-state index in [9.17, 15) is 4.79 Å². The molecule has 0 aromatic rings. The van der Waals surface area contributed by atoms with Crippen molar-refractivity contribution in [3.8, 4) is 0 Å². The number of carboxylic acids is 1. The van der Waals surface area contributed by atoms with Crippen LogP contribution in [0, 0.1) is 5.92 Å².